The molecule has 7 heteroatoms. The molecule has 0 bridgehead atoms. The lowest BCUT2D eigenvalue weighted by Crippen LogP contribution is -2.35. The second-order valence-corrected chi connectivity index (χ2v) is 9.72. The van der Waals surface area contributed by atoms with Gasteiger partial charge in [-0.05, 0) is 80.8 Å². The van der Waals surface area contributed by atoms with Gasteiger partial charge in [0.15, 0.2) is 5.84 Å². The maximum absolute atomic E-state index is 12.8. The van der Waals surface area contributed by atoms with E-state index in [1.54, 1.807) is 6.08 Å². The summed E-state index contributed by atoms with van der Waals surface area (Å²) in [5, 5.41) is 16.2. The van der Waals surface area contributed by atoms with E-state index in [9.17, 15) is 4.79 Å². The number of thioether (sulfide) groups is 1. The van der Waals surface area contributed by atoms with Crippen LogP contribution in [0.3, 0.4) is 0 Å². The maximum Gasteiger partial charge on any atom is 0.283 e. The van der Waals surface area contributed by atoms with Crippen molar-refractivity contribution in [2.24, 2.45) is 10.1 Å². The van der Waals surface area contributed by atoms with Gasteiger partial charge in [-0.1, -0.05) is 44.7 Å². The van der Waals surface area contributed by atoms with Crippen molar-refractivity contribution in [3.05, 3.63) is 58.4 Å². The first-order valence-corrected chi connectivity index (χ1v) is 12.5. The fourth-order valence-electron chi connectivity index (χ4n) is 4.27. The Morgan fingerprint density at radius 1 is 1.09 bits per heavy atom. The molecule has 172 valence electrons. The van der Waals surface area contributed by atoms with Gasteiger partial charge in [-0.3, -0.25) is 10.2 Å². The molecule has 0 saturated carbocycles. The van der Waals surface area contributed by atoms with Crippen LogP contribution < -0.4 is 0 Å². The van der Waals surface area contributed by atoms with E-state index < -0.39 is 0 Å². The maximum atomic E-state index is 12.8. The van der Waals surface area contributed by atoms with Gasteiger partial charge in [-0.25, -0.2) is 0 Å². The van der Waals surface area contributed by atoms with E-state index in [1.165, 1.54) is 48.0 Å². The third kappa shape index (κ3) is 4.88. The Kier molecular flexibility index (Phi) is 6.98. The lowest BCUT2D eigenvalue weighted by Gasteiger charge is -2.20. The van der Waals surface area contributed by atoms with Crippen LogP contribution in [0, 0.1) is 26.2 Å². The summed E-state index contributed by atoms with van der Waals surface area (Å²) in [6, 6.07) is 10.4. The molecule has 2 aliphatic heterocycles. The van der Waals surface area contributed by atoms with Gasteiger partial charge in [-0.2, -0.15) is 15.1 Å². The van der Waals surface area contributed by atoms with Gasteiger partial charge >= 0.3 is 0 Å². The normalized spacial score (nSPS) is 17.0. The number of hydrogen-bond donors (Lipinski definition) is 1. The van der Waals surface area contributed by atoms with Crippen LogP contribution in [0.5, 0.6) is 0 Å². The first-order chi connectivity index (χ1) is 15.9. The van der Waals surface area contributed by atoms with Crippen LogP contribution in [0.4, 0.5) is 0 Å². The average Bonchev–Trinajstić information content (AvgIpc) is 3.30. The quantitative estimate of drug-likeness (QED) is 0.366. The molecular weight excluding hydrogens is 430 g/mol. The van der Waals surface area contributed by atoms with E-state index in [2.05, 4.69) is 53.6 Å². The van der Waals surface area contributed by atoms with Crippen molar-refractivity contribution in [2.45, 2.75) is 66.2 Å². The number of amides is 1. The summed E-state index contributed by atoms with van der Waals surface area (Å²) in [6.07, 6.45) is 8.62. The van der Waals surface area contributed by atoms with Crippen LogP contribution in [-0.4, -0.2) is 31.5 Å². The van der Waals surface area contributed by atoms with Gasteiger partial charge in [-0.15, -0.1) is 0 Å². The highest BCUT2D eigenvalue weighted by Gasteiger charge is 2.35. The van der Waals surface area contributed by atoms with Crippen LogP contribution >= 0.6 is 11.8 Å². The minimum Gasteiger partial charge on any atom is -0.318 e. The zero-order chi connectivity index (χ0) is 23.5. The van der Waals surface area contributed by atoms with Crippen LogP contribution in [-0.2, 0) is 4.79 Å². The second kappa shape index (κ2) is 9.91. The molecule has 0 spiro atoms. The molecule has 0 atom stereocenters. The van der Waals surface area contributed by atoms with Crippen molar-refractivity contribution in [1.29, 1.82) is 5.41 Å². The number of hydrogen-bond acceptors (Lipinski definition) is 4. The number of carbonyl (C=O) groups excluding carboxylic acids is 1. The minimum atomic E-state index is -0.376. The first kappa shape index (κ1) is 23.2. The molecule has 3 heterocycles. The average molecular weight is 462 g/mol. The predicted octanol–water partition coefficient (Wildman–Crippen LogP) is 6.38. The molecule has 1 amide bonds. The number of carbonyl (C=O) groups is 1. The van der Waals surface area contributed by atoms with Gasteiger partial charge in [0.25, 0.3) is 5.91 Å². The number of rotatable bonds is 8. The number of benzene rings is 1. The molecule has 6 nitrogen and oxygen atoms in total. The standard InChI is InChI=1S/C26H31N5OS/c1-5-6-7-8-9-13-23-29-31-24(27)22(25(32)28-26(31)33-23)16-20-15-18(3)30(19(20)4)21-12-10-11-17(2)14-21/h10-12,14-16,27H,5-9,13H2,1-4H3/b22-16+,27-24?. The van der Waals surface area contributed by atoms with Crippen molar-refractivity contribution in [3.8, 4) is 5.69 Å². The molecule has 0 aliphatic carbocycles. The van der Waals surface area contributed by atoms with E-state index in [0.29, 0.717) is 5.17 Å². The summed E-state index contributed by atoms with van der Waals surface area (Å²) in [5.41, 5.74) is 5.56. The molecule has 1 N–H and O–H groups in total. The van der Waals surface area contributed by atoms with E-state index in [-0.39, 0.29) is 17.3 Å². The Morgan fingerprint density at radius 3 is 2.64 bits per heavy atom. The smallest absolute Gasteiger partial charge is 0.283 e. The van der Waals surface area contributed by atoms with Gasteiger partial charge in [0.2, 0.25) is 5.17 Å². The Labute approximate surface area is 200 Å². The molecule has 2 aliphatic rings. The van der Waals surface area contributed by atoms with E-state index in [4.69, 9.17) is 5.41 Å². The molecule has 1 aromatic heterocycles. The highest BCUT2D eigenvalue weighted by atomic mass is 32.2. The number of hydrazone groups is 1. The Balaban J connectivity index is 1.56. The van der Waals surface area contributed by atoms with Crippen molar-refractivity contribution in [2.75, 3.05) is 0 Å². The van der Waals surface area contributed by atoms with Crippen LogP contribution in [0.1, 0.15) is 68.0 Å². The number of amidine groups is 2. The third-order valence-electron chi connectivity index (χ3n) is 6.02. The molecule has 0 unspecified atom stereocenters. The fourth-order valence-corrected chi connectivity index (χ4v) is 5.19. The Morgan fingerprint density at radius 2 is 1.88 bits per heavy atom. The van der Waals surface area contributed by atoms with Gasteiger partial charge in [0.1, 0.15) is 5.04 Å². The lowest BCUT2D eigenvalue weighted by molar-refractivity contribution is -0.114. The highest BCUT2D eigenvalue weighted by Crippen LogP contribution is 2.31. The van der Waals surface area contributed by atoms with Crippen LogP contribution in [0.2, 0.25) is 0 Å². The number of nitrogens with zero attached hydrogens (tertiary/aromatic N) is 4. The third-order valence-corrected chi connectivity index (χ3v) is 6.99. The van der Waals surface area contributed by atoms with E-state index in [0.717, 1.165) is 40.5 Å². The number of aliphatic imine (C=N–C) groups is 1. The summed E-state index contributed by atoms with van der Waals surface area (Å²) < 4.78 is 2.17. The van der Waals surface area contributed by atoms with Crippen molar-refractivity contribution < 1.29 is 4.79 Å². The summed E-state index contributed by atoms with van der Waals surface area (Å²) in [4.78, 5) is 17.1. The summed E-state index contributed by atoms with van der Waals surface area (Å²) >= 11 is 1.42. The van der Waals surface area contributed by atoms with Crippen LogP contribution in [0.15, 0.2) is 46.0 Å². The Hall–Kier alpha value is -2.93. The predicted molar refractivity (Wildman–Crippen MR) is 138 cm³/mol. The SMILES string of the molecule is CCCCCCCC1=NN2C(=N)/C(=C\c3cc(C)n(-c4cccc(C)c4)c3C)C(=O)N=C2S1. The van der Waals surface area contributed by atoms with Crippen molar-refractivity contribution in [3.63, 3.8) is 0 Å². The number of aryl methyl sites for hydroxylation is 2. The van der Waals surface area contributed by atoms with Crippen molar-refractivity contribution >= 4 is 39.8 Å². The number of nitrogens with one attached hydrogen (secondary N) is 1. The number of fused-ring (bicyclic) bond motifs is 1. The minimum absolute atomic E-state index is 0.0961. The van der Waals surface area contributed by atoms with E-state index >= 15 is 0 Å². The second-order valence-electron chi connectivity index (χ2n) is 8.68. The summed E-state index contributed by atoms with van der Waals surface area (Å²) in [6.45, 7) is 8.37. The molecule has 0 fully saturated rings. The molecule has 0 radical (unpaired) electrons. The molecular formula is C26H31N5OS. The van der Waals surface area contributed by atoms with Crippen molar-refractivity contribution in [1.82, 2.24) is 9.58 Å². The molecule has 4 rings (SSSR count). The number of aromatic nitrogens is 1. The molecule has 2 aromatic rings. The fraction of sp³-hybridized carbons (Fsp3) is 0.385. The molecule has 0 saturated heterocycles. The topological polar surface area (TPSA) is 73.8 Å². The molecule has 33 heavy (non-hydrogen) atoms. The van der Waals surface area contributed by atoms with E-state index in [1.807, 2.05) is 19.1 Å². The van der Waals surface area contributed by atoms with Gasteiger partial charge in [0, 0.05) is 17.1 Å². The zero-order valence-corrected chi connectivity index (χ0v) is 20.6. The lowest BCUT2D eigenvalue weighted by atomic mass is 10.1. The highest BCUT2D eigenvalue weighted by molar-refractivity contribution is 8.26. The summed E-state index contributed by atoms with van der Waals surface area (Å²) in [7, 11) is 0. The van der Waals surface area contributed by atoms with Gasteiger partial charge in [0.05, 0.1) is 5.57 Å². The first-order valence-electron chi connectivity index (χ1n) is 11.6. The van der Waals surface area contributed by atoms with Gasteiger partial charge < -0.3 is 4.57 Å². The summed E-state index contributed by atoms with van der Waals surface area (Å²) in [5.74, 6) is -0.280. The number of unbranched alkanes of at least 4 members (excludes halogenated alkanes) is 4. The Bertz CT molecular complexity index is 1190. The monoisotopic (exact) mass is 461 g/mol. The zero-order valence-electron chi connectivity index (χ0n) is 19.8. The largest absolute Gasteiger partial charge is 0.318 e. The molecule has 1 aromatic carbocycles. The van der Waals surface area contributed by atoms with Crippen LogP contribution in [0.25, 0.3) is 11.8 Å².